The average Bonchev–Trinajstić information content (AvgIpc) is 2.78. The molecule has 1 aliphatic rings. The number of aliphatic hydroxyl groups is 1. The van der Waals surface area contributed by atoms with Crippen LogP contribution in [-0.4, -0.2) is 50.9 Å². The first-order valence-electron chi connectivity index (χ1n) is 9.64. The third-order valence-corrected chi connectivity index (χ3v) is 5.34. The maximum Gasteiger partial charge on any atom is 0.258 e. The molecule has 2 aromatic rings. The van der Waals surface area contributed by atoms with Gasteiger partial charge in [0.25, 0.3) is 5.91 Å². The first-order chi connectivity index (χ1) is 14.5. The lowest BCUT2D eigenvalue weighted by atomic mass is 10.1. The lowest BCUT2D eigenvalue weighted by molar-refractivity contribution is 0.0941. The summed E-state index contributed by atoms with van der Waals surface area (Å²) in [5.74, 6) is 0.130. The Bertz CT molecular complexity index is 948. The third-order valence-electron chi connectivity index (χ3n) is 4.66. The molecule has 3 N–H and O–H groups in total. The van der Waals surface area contributed by atoms with Gasteiger partial charge in [-0.15, -0.1) is 11.8 Å². The standard InChI is InChI=1S/C21H24FN5O2S/c1-3-15(12-28)24-19-17(20(29)25-16-6-4-14(22)5-7-16)21(30-2)27-18(26-19)13-8-10-23-11-9-13/h4-6,8-11,15-16,28H,3,7,12H2,1-2H3,(H,25,29)(H,24,26,27). The number of allylic oxidation sites excluding steroid dienone is 2. The molecule has 1 amide bonds. The van der Waals surface area contributed by atoms with Crippen molar-refractivity contribution in [2.45, 2.75) is 36.9 Å². The number of amides is 1. The lowest BCUT2D eigenvalue weighted by Crippen LogP contribution is -2.35. The number of nitrogens with zero attached hydrogens (tertiary/aromatic N) is 3. The normalized spacial score (nSPS) is 16.7. The highest BCUT2D eigenvalue weighted by Crippen LogP contribution is 2.29. The summed E-state index contributed by atoms with van der Waals surface area (Å²) in [5, 5.41) is 16.2. The van der Waals surface area contributed by atoms with E-state index in [4.69, 9.17) is 0 Å². The molecule has 2 heterocycles. The number of aromatic nitrogens is 3. The van der Waals surface area contributed by atoms with Crippen LogP contribution in [0.15, 0.2) is 53.6 Å². The number of anilines is 1. The Morgan fingerprint density at radius 3 is 2.73 bits per heavy atom. The van der Waals surface area contributed by atoms with Gasteiger partial charge in [0.15, 0.2) is 5.82 Å². The predicted molar refractivity (Wildman–Crippen MR) is 116 cm³/mol. The molecule has 2 atom stereocenters. The fourth-order valence-electron chi connectivity index (χ4n) is 2.94. The largest absolute Gasteiger partial charge is 0.394 e. The molecular weight excluding hydrogens is 405 g/mol. The van der Waals surface area contributed by atoms with Gasteiger partial charge in [0, 0.05) is 18.0 Å². The molecule has 30 heavy (non-hydrogen) atoms. The smallest absolute Gasteiger partial charge is 0.258 e. The number of pyridine rings is 1. The summed E-state index contributed by atoms with van der Waals surface area (Å²) in [7, 11) is 0. The van der Waals surface area contributed by atoms with Crippen molar-refractivity contribution in [3.8, 4) is 11.4 Å². The van der Waals surface area contributed by atoms with Crippen LogP contribution in [0.4, 0.5) is 10.2 Å². The van der Waals surface area contributed by atoms with Gasteiger partial charge in [-0.2, -0.15) is 0 Å². The molecule has 0 aliphatic heterocycles. The van der Waals surface area contributed by atoms with Gasteiger partial charge < -0.3 is 15.7 Å². The van der Waals surface area contributed by atoms with Crippen LogP contribution in [0.1, 0.15) is 30.1 Å². The van der Waals surface area contributed by atoms with Crippen LogP contribution < -0.4 is 10.6 Å². The van der Waals surface area contributed by atoms with E-state index in [0.717, 1.165) is 5.56 Å². The van der Waals surface area contributed by atoms with Crippen molar-refractivity contribution in [2.24, 2.45) is 0 Å². The summed E-state index contributed by atoms with van der Waals surface area (Å²) in [6, 6.07) is 3.00. The van der Waals surface area contributed by atoms with Gasteiger partial charge in [0.05, 0.1) is 18.7 Å². The van der Waals surface area contributed by atoms with Crippen molar-refractivity contribution in [1.29, 1.82) is 0 Å². The van der Waals surface area contributed by atoms with Gasteiger partial charge in [-0.05, 0) is 43.4 Å². The minimum Gasteiger partial charge on any atom is -0.394 e. The molecule has 2 aromatic heterocycles. The van der Waals surface area contributed by atoms with Crippen molar-refractivity contribution in [1.82, 2.24) is 20.3 Å². The summed E-state index contributed by atoms with van der Waals surface area (Å²) in [6.45, 7) is 1.83. The lowest BCUT2D eigenvalue weighted by Gasteiger charge is -2.21. The Morgan fingerprint density at radius 1 is 1.37 bits per heavy atom. The van der Waals surface area contributed by atoms with E-state index in [2.05, 4.69) is 25.6 Å². The number of aliphatic hydroxyl groups excluding tert-OH is 1. The van der Waals surface area contributed by atoms with Crippen LogP contribution in [-0.2, 0) is 0 Å². The van der Waals surface area contributed by atoms with Crippen molar-refractivity contribution in [2.75, 3.05) is 18.2 Å². The Kier molecular flexibility index (Phi) is 7.53. The molecule has 2 unspecified atom stereocenters. The molecule has 1 aliphatic carbocycles. The van der Waals surface area contributed by atoms with Crippen molar-refractivity contribution in [3.05, 3.63) is 54.1 Å². The summed E-state index contributed by atoms with van der Waals surface area (Å²) in [5.41, 5.74) is 1.07. The van der Waals surface area contributed by atoms with E-state index >= 15 is 0 Å². The second-order valence-electron chi connectivity index (χ2n) is 6.71. The molecule has 3 rings (SSSR count). The monoisotopic (exact) mass is 429 g/mol. The topological polar surface area (TPSA) is 100 Å². The highest BCUT2D eigenvalue weighted by molar-refractivity contribution is 7.98. The predicted octanol–water partition coefficient (Wildman–Crippen LogP) is 3.36. The zero-order chi connectivity index (χ0) is 21.5. The molecule has 0 bridgehead atoms. The quantitative estimate of drug-likeness (QED) is 0.437. The van der Waals surface area contributed by atoms with Gasteiger partial charge in [0.1, 0.15) is 22.2 Å². The minimum atomic E-state index is -0.360. The Morgan fingerprint density at radius 2 is 2.13 bits per heavy atom. The molecule has 0 spiro atoms. The molecule has 158 valence electrons. The molecule has 9 heteroatoms. The highest BCUT2D eigenvalue weighted by Gasteiger charge is 2.24. The maximum absolute atomic E-state index is 13.2. The molecule has 0 aromatic carbocycles. The second-order valence-corrected chi connectivity index (χ2v) is 7.51. The Balaban J connectivity index is 2.00. The summed E-state index contributed by atoms with van der Waals surface area (Å²) >= 11 is 1.33. The zero-order valence-corrected chi connectivity index (χ0v) is 17.6. The third kappa shape index (κ3) is 5.22. The molecule has 0 saturated heterocycles. The van der Waals surface area contributed by atoms with Gasteiger partial charge >= 0.3 is 0 Å². The molecule has 0 saturated carbocycles. The number of thioether (sulfide) groups is 1. The number of hydrogen-bond acceptors (Lipinski definition) is 7. The van der Waals surface area contributed by atoms with Gasteiger partial charge in [0.2, 0.25) is 0 Å². The van der Waals surface area contributed by atoms with E-state index in [1.165, 1.54) is 23.9 Å². The number of carbonyl (C=O) groups excluding carboxylic acids is 1. The van der Waals surface area contributed by atoms with Crippen molar-refractivity contribution >= 4 is 23.5 Å². The first-order valence-corrected chi connectivity index (χ1v) is 10.9. The second kappa shape index (κ2) is 10.3. The number of hydrogen-bond donors (Lipinski definition) is 3. The summed E-state index contributed by atoms with van der Waals surface area (Å²) in [4.78, 5) is 26.3. The van der Waals surface area contributed by atoms with E-state index in [0.29, 0.717) is 35.1 Å². The van der Waals surface area contributed by atoms with Gasteiger partial charge in [-0.1, -0.05) is 13.0 Å². The minimum absolute atomic E-state index is 0.101. The number of carbonyl (C=O) groups is 1. The highest BCUT2D eigenvalue weighted by atomic mass is 32.2. The van der Waals surface area contributed by atoms with Crippen molar-refractivity contribution < 1.29 is 14.3 Å². The van der Waals surface area contributed by atoms with E-state index in [9.17, 15) is 14.3 Å². The molecule has 0 radical (unpaired) electrons. The Hall–Kier alpha value is -2.78. The zero-order valence-electron chi connectivity index (χ0n) is 16.8. The summed E-state index contributed by atoms with van der Waals surface area (Å²) in [6.07, 6.45) is 10.5. The van der Waals surface area contributed by atoms with Crippen LogP contribution in [0.2, 0.25) is 0 Å². The fraction of sp³-hybridized carbons (Fsp3) is 0.333. The fourth-order valence-corrected chi connectivity index (χ4v) is 3.51. The van der Waals surface area contributed by atoms with E-state index in [1.807, 2.05) is 13.2 Å². The van der Waals surface area contributed by atoms with E-state index < -0.39 is 0 Å². The molecular formula is C21H24FN5O2S. The average molecular weight is 430 g/mol. The molecule has 7 nitrogen and oxygen atoms in total. The number of halogens is 1. The maximum atomic E-state index is 13.2. The SMILES string of the molecule is CCC(CO)Nc1nc(-c2ccncc2)nc(SC)c1C(=O)NC1C=CC(F)=CC1. The van der Waals surface area contributed by atoms with Crippen LogP contribution in [0, 0.1) is 0 Å². The number of nitrogens with one attached hydrogen (secondary N) is 2. The van der Waals surface area contributed by atoms with Crippen LogP contribution in [0.25, 0.3) is 11.4 Å². The number of rotatable bonds is 8. The van der Waals surface area contributed by atoms with Crippen LogP contribution in [0.3, 0.4) is 0 Å². The van der Waals surface area contributed by atoms with Crippen molar-refractivity contribution in [3.63, 3.8) is 0 Å². The van der Waals surface area contributed by atoms with Crippen LogP contribution >= 0.6 is 11.8 Å². The van der Waals surface area contributed by atoms with Gasteiger partial charge in [-0.25, -0.2) is 14.4 Å². The van der Waals surface area contributed by atoms with Crippen LogP contribution in [0.5, 0.6) is 0 Å². The first kappa shape index (κ1) is 21.9. The van der Waals surface area contributed by atoms with E-state index in [1.54, 1.807) is 30.6 Å². The van der Waals surface area contributed by atoms with Gasteiger partial charge in [-0.3, -0.25) is 9.78 Å². The molecule has 0 fully saturated rings. The summed E-state index contributed by atoms with van der Waals surface area (Å²) < 4.78 is 13.2. The Labute approximate surface area is 178 Å². The van der Waals surface area contributed by atoms with E-state index in [-0.39, 0.29) is 30.4 Å².